The smallest absolute Gasteiger partial charge is 0.325 e. The summed E-state index contributed by atoms with van der Waals surface area (Å²) in [5, 5.41) is 3.98. The van der Waals surface area contributed by atoms with Gasteiger partial charge in [-0.2, -0.15) is 5.10 Å². The SMILES string of the molecule is Cn1cnn(Cc2cccnc2CN)c1=O. The van der Waals surface area contributed by atoms with E-state index in [2.05, 4.69) is 10.1 Å². The lowest BCUT2D eigenvalue weighted by molar-refractivity contribution is 0.639. The van der Waals surface area contributed by atoms with Gasteiger partial charge < -0.3 is 5.73 Å². The molecular formula is C10H13N5O. The van der Waals surface area contributed by atoms with Gasteiger partial charge in [0.1, 0.15) is 6.33 Å². The molecule has 6 heteroatoms. The number of hydrogen-bond acceptors (Lipinski definition) is 4. The minimum Gasteiger partial charge on any atom is -0.325 e. The van der Waals surface area contributed by atoms with Crippen molar-refractivity contribution in [2.24, 2.45) is 12.8 Å². The summed E-state index contributed by atoms with van der Waals surface area (Å²) in [6, 6.07) is 3.72. The van der Waals surface area contributed by atoms with Gasteiger partial charge in [0.25, 0.3) is 0 Å². The van der Waals surface area contributed by atoms with E-state index < -0.39 is 0 Å². The molecule has 0 aliphatic carbocycles. The van der Waals surface area contributed by atoms with E-state index in [1.54, 1.807) is 13.2 Å². The molecule has 0 spiro atoms. The van der Waals surface area contributed by atoms with E-state index in [0.29, 0.717) is 13.1 Å². The third-order valence-electron chi connectivity index (χ3n) is 2.38. The van der Waals surface area contributed by atoms with E-state index in [0.717, 1.165) is 11.3 Å². The van der Waals surface area contributed by atoms with Gasteiger partial charge in [0.15, 0.2) is 0 Å². The number of hydrogen-bond donors (Lipinski definition) is 1. The Morgan fingerprint density at radius 1 is 1.50 bits per heavy atom. The van der Waals surface area contributed by atoms with Crippen molar-refractivity contribution < 1.29 is 0 Å². The van der Waals surface area contributed by atoms with Crippen LogP contribution in [0.5, 0.6) is 0 Å². The fourth-order valence-electron chi connectivity index (χ4n) is 1.49. The van der Waals surface area contributed by atoms with Crippen LogP contribution < -0.4 is 11.4 Å². The Hall–Kier alpha value is -1.95. The molecule has 0 aromatic carbocycles. The molecule has 0 saturated heterocycles. The minimum atomic E-state index is -0.146. The summed E-state index contributed by atoms with van der Waals surface area (Å²) in [5.41, 5.74) is 7.14. The Morgan fingerprint density at radius 3 is 2.94 bits per heavy atom. The maximum absolute atomic E-state index is 11.6. The Balaban J connectivity index is 2.34. The molecule has 16 heavy (non-hydrogen) atoms. The van der Waals surface area contributed by atoms with Crippen molar-refractivity contribution in [1.29, 1.82) is 0 Å². The predicted molar refractivity (Wildman–Crippen MR) is 58.7 cm³/mol. The topological polar surface area (TPSA) is 78.7 Å². The summed E-state index contributed by atoms with van der Waals surface area (Å²) in [6.07, 6.45) is 3.17. The first kappa shape index (κ1) is 10.6. The van der Waals surface area contributed by atoms with E-state index in [4.69, 9.17) is 5.73 Å². The molecule has 0 amide bonds. The second-order valence-corrected chi connectivity index (χ2v) is 3.50. The van der Waals surface area contributed by atoms with Gasteiger partial charge in [0.2, 0.25) is 0 Å². The van der Waals surface area contributed by atoms with Crippen LogP contribution >= 0.6 is 0 Å². The highest BCUT2D eigenvalue weighted by atomic mass is 16.2. The first-order chi connectivity index (χ1) is 7.72. The van der Waals surface area contributed by atoms with E-state index in [-0.39, 0.29) is 5.69 Å². The molecule has 6 nitrogen and oxygen atoms in total. The molecule has 0 aliphatic rings. The molecule has 84 valence electrons. The number of nitrogens with zero attached hydrogens (tertiary/aromatic N) is 4. The summed E-state index contributed by atoms with van der Waals surface area (Å²) >= 11 is 0. The molecule has 0 radical (unpaired) electrons. The van der Waals surface area contributed by atoms with Gasteiger partial charge in [-0.25, -0.2) is 9.48 Å². The van der Waals surface area contributed by atoms with Crippen LogP contribution in [0.3, 0.4) is 0 Å². The standard InChI is InChI=1S/C10H13N5O/c1-14-7-13-15(10(14)16)6-8-3-2-4-12-9(8)5-11/h2-4,7H,5-6,11H2,1H3. The molecule has 0 aliphatic heterocycles. The molecule has 0 atom stereocenters. The van der Waals surface area contributed by atoms with Crippen molar-refractivity contribution in [3.8, 4) is 0 Å². The molecule has 0 fully saturated rings. The van der Waals surface area contributed by atoms with Crippen LogP contribution in [0.15, 0.2) is 29.5 Å². The lowest BCUT2D eigenvalue weighted by Gasteiger charge is -2.05. The van der Waals surface area contributed by atoms with E-state index in [9.17, 15) is 4.79 Å². The highest BCUT2D eigenvalue weighted by Gasteiger charge is 2.06. The summed E-state index contributed by atoms with van der Waals surface area (Å²) in [5.74, 6) is 0. The summed E-state index contributed by atoms with van der Waals surface area (Å²) in [7, 11) is 1.67. The average Bonchev–Trinajstić information content (AvgIpc) is 2.62. The molecule has 0 unspecified atom stereocenters. The van der Waals surface area contributed by atoms with Crippen LogP contribution in [-0.4, -0.2) is 19.3 Å². The van der Waals surface area contributed by atoms with Gasteiger partial charge in [-0.1, -0.05) is 6.07 Å². The zero-order chi connectivity index (χ0) is 11.5. The maximum Gasteiger partial charge on any atom is 0.345 e. The zero-order valence-electron chi connectivity index (χ0n) is 9.00. The first-order valence-electron chi connectivity index (χ1n) is 4.93. The fourth-order valence-corrected chi connectivity index (χ4v) is 1.49. The van der Waals surface area contributed by atoms with Crippen LogP contribution in [0, 0.1) is 0 Å². The van der Waals surface area contributed by atoms with Crippen molar-refractivity contribution in [3.63, 3.8) is 0 Å². The number of aromatic nitrogens is 4. The fraction of sp³-hybridized carbons (Fsp3) is 0.300. The van der Waals surface area contributed by atoms with Crippen molar-refractivity contribution in [2.45, 2.75) is 13.1 Å². The highest BCUT2D eigenvalue weighted by Crippen LogP contribution is 2.04. The minimum absolute atomic E-state index is 0.146. The second kappa shape index (κ2) is 4.28. The Kier molecular flexibility index (Phi) is 2.82. The molecule has 2 N–H and O–H groups in total. The number of nitrogens with two attached hydrogens (primary N) is 1. The van der Waals surface area contributed by atoms with Crippen LogP contribution in [0.25, 0.3) is 0 Å². The summed E-state index contributed by atoms with van der Waals surface area (Å²) in [6.45, 7) is 0.762. The highest BCUT2D eigenvalue weighted by molar-refractivity contribution is 5.19. The molecular weight excluding hydrogens is 206 g/mol. The van der Waals surface area contributed by atoms with Crippen molar-refractivity contribution >= 4 is 0 Å². The lowest BCUT2D eigenvalue weighted by atomic mass is 10.2. The van der Waals surface area contributed by atoms with Crippen LogP contribution in [0.4, 0.5) is 0 Å². The zero-order valence-corrected chi connectivity index (χ0v) is 9.00. The van der Waals surface area contributed by atoms with Gasteiger partial charge in [0, 0.05) is 19.8 Å². The van der Waals surface area contributed by atoms with Crippen LogP contribution in [0.1, 0.15) is 11.3 Å². The van der Waals surface area contributed by atoms with Gasteiger partial charge in [-0.05, 0) is 11.6 Å². The molecule has 2 heterocycles. The third-order valence-corrected chi connectivity index (χ3v) is 2.38. The van der Waals surface area contributed by atoms with Crippen LogP contribution in [0.2, 0.25) is 0 Å². The molecule has 2 rings (SSSR count). The average molecular weight is 219 g/mol. The summed E-state index contributed by atoms with van der Waals surface area (Å²) in [4.78, 5) is 15.7. The Bertz CT molecular complexity index is 542. The predicted octanol–water partition coefficient (Wildman–Crippen LogP) is -0.516. The van der Waals surface area contributed by atoms with Crippen molar-refractivity contribution in [2.75, 3.05) is 0 Å². The normalized spacial score (nSPS) is 10.6. The lowest BCUT2D eigenvalue weighted by Crippen LogP contribution is -2.24. The number of rotatable bonds is 3. The monoisotopic (exact) mass is 219 g/mol. The number of pyridine rings is 1. The van der Waals surface area contributed by atoms with Gasteiger partial charge in [0.05, 0.1) is 12.2 Å². The Morgan fingerprint density at radius 2 is 2.31 bits per heavy atom. The van der Waals surface area contributed by atoms with E-state index in [1.165, 1.54) is 15.6 Å². The van der Waals surface area contributed by atoms with Gasteiger partial charge in [-0.15, -0.1) is 0 Å². The van der Waals surface area contributed by atoms with Crippen molar-refractivity contribution in [1.82, 2.24) is 19.3 Å². The van der Waals surface area contributed by atoms with Crippen molar-refractivity contribution in [3.05, 3.63) is 46.4 Å². The van der Waals surface area contributed by atoms with Gasteiger partial charge in [-0.3, -0.25) is 9.55 Å². The second-order valence-electron chi connectivity index (χ2n) is 3.50. The molecule has 0 saturated carbocycles. The summed E-state index contributed by atoms with van der Waals surface area (Å²) < 4.78 is 2.81. The van der Waals surface area contributed by atoms with E-state index >= 15 is 0 Å². The molecule has 0 bridgehead atoms. The maximum atomic E-state index is 11.6. The molecule has 2 aromatic heterocycles. The quantitative estimate of drug-likeness (QED) is 0.753. The first-order valence-corrected chi connectivity index (χ1v) is 4.93. The molecule has 2 aromatic rings. The largest absolute Gasteiger partial charge is 0.345 e. The number of aryl methyl sites for hydroxylation is 1. The van der Waals surface area contributed by atoms with Gasteiger partial charge >= 0.3 is 5.69 Å². The van der Waals surface area contributed by atoms with Crippen LogP contribution in [-0.2, 0) is 20.1 Å². The Labute approximate surface area is 92.3 Å². The van der Waals surface area contributed by atoms with E-state index in [1.807, 2.05) is 12.1 Å². The third kappa shape index (κ3) is 1.87.